The molecule has 1 aromatic carbocycles. The van der Waals surface area contributed by atoms with Crippen LogP contribution in [0.25, 0.3) is 5.65 Å². The van der Waals surface area contributed by atoms with Crippen LogP contribution in [0.15, 0.2) is 59.4 Å². The fourth-order valence-corrected chi connectivity index (χ4v) is 2.66. The van der Waals surface area contributed by atoms with Crippen molar-refractivity contribution in [3.05, 3.63) is 81.9 Å². The zero-order valence-corrected chi connectivity index (χ0v) is 14.8. The first-order chi connectivity index (χ1) is 13.0. The van der Waals surface area contributed by atoms with Gasteiger partial charge in [-0.1, -0.05) is 36.4 Å². The summed E-state index contributed by atoms with van der Waals surface area (Å²) in [6.07, 6.45) is 0.191. The molecule has 0 unspecified atom stereocenters. The number of fused-ring (bicyclic) bond motifs is 1. The molecular formula is C20H19N3O4. The van der Waals surface area contributed by atoms with Gasteiger partial charge in [0.2, 0.25) is 5.91 Å². The normalized spacial score (nSPS) is 10.6. The number of ether oxygens (including phenoxy) is 1. The zero-order chi connectivity index (χ0) is 19.2. The van der Waals surface area contributed by atoms with E-state index >= 15 is 0 Å². The van der Waals surface area contributed by atoms with Crippen molar-refractivity contribution in [2.45, 2.75) is 20.0 Å². The number of esters is 1. The Kier molecular flexibility index (Phi) is 5.61. The fraction of sp³-hybridized carbons (Fsp3) is 0.200. The van der Waals surface area contributed by atoms with Gasteiger partial charge < -0.3 is 10.1 Å². The third-order valence-electron chi connectivity index (χ3n) is 3.95. The number of carbonyl (C=O) groups is 2. The summed E-state index contributed by atoms with van der Waals surface area (Å²) in [5.41, 5.74) is 2.24. The quantitative estimate of drug-likeness (QED) is 0.667. The Morgan fingerprint density at radius 1 is 1.11 bits per heavy atom. The Morgan fingerprint density at radius 3 is 2.67 bits per heavy atom. The Bertz CT molecular complexity index is 1030. The first kappa shape index (κ1) is 18.3. The van der Waals surface area contributed by atoms with Crippen LogP contribution in [0.1, 0.15) is 17.0 Å². The minimum atomic E-state index is -0.595. The summed E-state index contributed by atoms with van der Waals surface area (Å²) in [4.78, 5) is 40.2. The number of hydrogen-bond donors (Lipinski definition) is 1. The highest BCUT2D eigenvalue weighted by Gasteiger charge is 2.10. The Balaban J connectivity index is 1.53. The summed E-state index contributed by atoms with van der Waals surface area (Å²) in [6.45, 7) is 1.44. The van der Waals surface area contributed by atoms with Crippen molar-refractivity contribution in [1.82, 2.24) is 14.7 Å². The molecular weight excluding hydrogens is 346 g/mol. The second-order valence-corrected chi connectivity index (χ2v) is 6.05. The molecule has 27 heavy (non-hydrogen) atoms. The van der Waals surface area contributed by atoms with Crippen molar-refractivity contribution < 1.29 is 14.3 Å². The van der Waals surface area contributed by atoms with Crippen LogP contribution in [0.3, 0.4) is 0 Å². The van der Waals surface area contributed by atoms with Crippen molar-refractivity contribution >= 4 is 17.5 Å². The maximum atomic E-state index is 12.2. The number of carbonyl (C=O) groups excluding carboxylic acids is 2. The van der Waals surface area contributed by atoms with Gasteiger partial charge in [0.05, 0.1) is 12.1 Å². The lowest BCUT2D eigenvalue weighted by Gasteiger charge is -2.08. The van der Waals surface area contributed by atoms with E-state index in [1.54, 1.807) is 12.1 Å². The number of rotatable bonds is 6. The summed E-state index contributed by atoms with van der Waals surface area (Å²) in [5, 5.41) is 2.52. The SMILES string of the molecule is Cc1cccc2nc(COC(=O)CNC(=O)Cc3ccccc3)cc(=O)n12. The third kappa shape index (κ3) is 4.78. The Hall–Kier alpha value is -3.48. The van der Waals surface area contributed by atoms with Gasteiger partial charge in [-0.3, -0.25) is 18.8 Å². The minimum Gasteiger partial charge on any atom is -0.458 e. The van der Waals surface area contributed by atoms with Crippen molar-refractivity contribution in [2.75, 3.05) is 6.54 Å². The van der Waals surface area contributed by atoms with Crippen LogP contribution in [0, 0.1) is 6.92 Å². The first-order valence-corrected chi connectivity index (χ1v) is 8.47. The van der Waals surface area contributed by atoms with Gasteiger partial charge in [-0.15, -0.1) is 0 Å². The largest absolute Gasteiger partial charge is 0.458 e. The molecule has 0 fully saturated rings. The fourth-order valence-electron chi connectivity index (χ4n) is 2.66. The molecule has 2 aromatic heterocycles. The number of nitrogens with zero attached hydrogens (tertiary/aromatic N) is 2. The molecule has 1 amide bonds. The van der Waals surface area contributed by atoms with Crippen LogP contribution in [0.5, 0.6) is 0 Å². The van der Waals surface area contributed by atoms with Crippen LogP contribution >= 0.6 is 0 Å². The van der Waals surface area contributed by atoms with Crippen LogP contribution in [0.4, 0.5) is 0 Å². The van der Waals surface area contributed by atoms with Crippen LogP contribution in [-0.4, -0.2) is 27.8 Å². The van der Waals surface area contributed by atoms with Crippen LogP contribution in [-0.2, 0) is 27.4 Å². The van der Waals surface area contributed by atoms with Crippen molar-refractivity contribution in [1.29, 1.82) is 0 Å². The van der Waals surface area contributed by atoms with Gasteiger partial charge >= 0.3 is 5.97 Å². The molecule has 0 saturated carbocycles. The molecule has 3 aromatic rings. The van der Waals surface area contributed by atoms with E-state index in [4.69, 9.17) is 4.74 Å². The summed E-state index contributed by atoms with van der Waals surface area (Å²) in [7, 11) is 0. The second-order valence-electron chi connectivity index (χ2n) is 6.05. The second kappa shape index (κ2) is 8.27. The molecule has 0 aliphatic carbocycles. The molecule has 0 aliphatic rings. The molecule has 0 aliphatic heterocycles. The van der Waals surface area contributed by atoms with Crippen LogP contribution < -0.4 is 10.9 Å². The number of pyridine rings is 1. The molecule has 0 radical (unpaired) electrons. The first-order valence-electron chi connectivity index (χ1n) is 8.47. The maximum absolute atomic E-state index is 12.2. The number of hydrogen-bond acceptors (Lipinski definition) is 5. The van der Waals surface area contributed by atoms with Crippen molar-refractivity contribution in [2.24, 2.45) is 0 Å². The predicted molar refractivity (Wildman–Crippen MR) is 99.2 cm³/mol. The molecule has 7 nitrogen and oxygen atoms in total. The summed E-state index contributed by atoms with van der Waals surface area (Å²) in [5.74, 6) is -0.863. The smallest absolute Gasteiger partial charge is 0.325 e. The molecule has 7 heteroatoms. The standard InChI is InChI=1S/C20H19N3O4/c1-14-6-5-9-17-22-16(11-19(25)23(14)17)13-27-20(26)12-21-18(24)10-15-7-3-2-4-8-15/h2-9,11H,10,12-13H2,1H3,(H,21,24). The average molecular weight is 365 g/mol. The molecule has 2 heterocycles. The lowest BCUT2D eigenvalue weighted by molar-refractivity contribution is -0.145. The number of aryl methyl sites for hydroxylation is 1. The topological polar surface area (TPSA) is 89.8 Å². The highest BCUT2D eigenvalue weighted by molar-refractivity contribution is 5.83. The monoisotopic (exact) mass is 365 g/mol. The van der Waals surface area contributed by atoms with E-state index in [2.05, 4.69) is 10.3 Å². The maximum Gasteiger partial charge on any atom is 0.325 e. The molecule has 0 atom stereocenters. The van der Waals surface area contributed by atoms with Gasteiger partial charge in [0.25, 0.3) is 5.56 Å². The zero-order valence-electron chi connectivity index (χ0n) is 14.8. The van der Waals surface area contributed by atoms with Gasteiger partial charge in [-0.25, -0.2) is 4.98 Å². The van der Waals surface area contributed by atoms with Gasteiger partial charge in [-0.05, 0) is 24.6 Å². The highest BCUT2D eigenvalue weighted by atomic mass is 16.5. The molecule has 0 spiro atoms. The number of nitrogens with one attached hydrogen (secondary N) is 1. The number of aromatic nitrogens is 2. The van der Waals surface area contributed by atoms with Gasteiger partial charge in [0.15, 0.2) is 0 Å². The van der Waals surface area contributed by atoms with E-state index in [1.165, 1.54) is 10.5 Å². The molecule has 3 rings (SSSR count). The molecule has 1 N–H and O–H groups in total. The van der Waals surface area contributed by atoms with E-state index in [0.29, 0.717) is 11.3 Å². The van der Waals surface area contributed by atoms with E-state index in [1.807, 2.05) is 43.3 Å². The average Bonchev–Trinajstić information content (AvgIpc) is 2.65. The lowest BCUT2D eigenvalue weighted by Crippen LogP contribution is -2.31. The van der Waals surface area contributed by atoms with E-state index in [-0.39, 0.29) is 31.0 Å². The van der Waals surface area contributed by atoms with E-state index < -0.39 is 5.97 Å². The lowest BCUT2D eigenvalue weighted by atomic mass is 10.1. The van der Waals surface area contributed by atoms with Crippen molar-refractivity contribution in [3.8, 4) is 0 Å². The Morgan fingerprint density at radius 2 is 1.89 bits per heavy atom. The summed E-state index contributed by atoms with van der Waals surface area (Å²) in [6, 6.07) is 15.9. The molecule has 0 bridgehead atoms. The molecule has 138 valence electrons. The van der Waals surface area contributed by atoms with Gasteiger partial charge in [0.1, 0.15) is 18.8 Å². The number of benzene rings is 1. The highest BCUT2D eigenvalue weighted by Crippen LogP contribution is 2.04. The van der Waals surface area contributed by atoms with Gasteiger partial charge in [0, 0.05) is 11.8 Å². The van der Waals surface area contributed by atoms with Crippen LogP contribution in [0.2, 0.25) is 0 Å². The number of amides is 1. The minimum absolute atomic E-state index is 0.132. The predicted octanol–water partition coefficient (Wildman–Crippen LogP) is 1.41. The van der Waals surface area contributed by atoms with Crippen molar-refractivity contribution in [3.63, 3.8) is 0 Å². The summed E-state index contributed by atoms with van der Waals surface area (Å²) >= 11 is 0. The molecule has 0 saturated heterocycles. The Labute approximate surface area is 155 Å². The van der Waals surface area contributed by atoms with E-state index in [9.17, 15) is 14.4 Å². The van der Waals surface area contributed by atoms with Gasteiger partial charge in [-0.2, -0.15) is 0 Å². The summed E-state index contributed by atoms with van der Waals surface area (Å²) < 4.78 is 6.58. The van der Waals surface area contributed by atoms with E-state index in [0.717, 1.165) is 11.3 Å². The third-order valence-corrected chi connectivity index (χ3v) is 3.95.